The molecule has 0 unspecified atom stereocenters. The van der Waals surface area contributed by atoms with E-state index in [0.717, 1.165) is 28.7 Å². The number of hydrogen-bond donors (Lipinski definition) is 0. The number of esters is 1. The number of carbonyl (C=O) groups is 3. The number of halogens is 1. The van der Waals surface area contributed by atoms with Gasteiger partial charge in [0, 0.05) is 5.92 Å². The standard InChI is InChI=1S/C28H22BrNO4/c1-2-15-34-27(33)16-11-13-17(14-12-16)30-25(31)23-22-18-7-3-5-9-20(18)28(29,24(23)26(30)32)21-10-6-4-8-19(21)22/h3-14,22-24H,2,15H2,1H3/t22?,23-,24+,28?/m0/s1. The van der Waals surface area contributed by atoms with Crippen LogP contribution in [0.2, 0.25) is 0 Å². The van der Waals surface area contributed by atoms with Crippen LogP contribution in [0.3, 0.4) is 0 Å². The third kappa shape index (κ3) is 2.69. The summed E-state index contributed by atoms with van der Waals surface area (Å²) in [6, 6.07) is 22.7. The van der Waals surface area contributed by atoms with Crippen molar-refractivity contribution in [1.82, 2.24) is 0 Å². The molecule has 3 aliphatic carbocycles. The van der Waals surface area contributed by atoms with E-state index in [9.17, 15) is 14.4 Å². The van der Waals surface area contributed by atoms with Crippen molar-refractivity contribution >= 4 is 39.4 Å². The molecule has 1 aliphatic heterocycles. The Kier molecular flexibility index (Phi) is 4.78. The maximum absolute atomic E-state index is 13.9. The van der Waals surface area contributed by atoms with Gasteiger partial charge in [-0.25, -0.2) is 9.69 Å². The van der Waals surface area contributed by atoms with Crippen molar-refractivity contribution in [2.75, 3.05) is 11.5 Å². The van der Waals surface area contributed by atoms with Crippen molar-refractivity contribution in [3.05, 3.63) is 101 Å². The Bertz CT molecular complexity index is 1300. The molecule has 4 aliphatic rings. The van der Waals surface area contributed by atoms with Crippen LogP contribution in [0.5, 0.6) is 0 Å². The van der Waals surface area contributed by atoms with E-state index in [2.05, 4.69) is 40.2 Å². The quantitative estimate of drug-likeness (QED) is 0.273. The first-order valence-electron chi connectivity index (χ1n) is 11.5. The Balaban J connectivity index is 1.44. The molecule has 0 saturated carbocycles. The predicted octanol–water partition coefficient (Wildman–Crippen LogP) is 5.16. The monoisotopic (exact) mass is 515 g/mol. The Morgan fingerprint density at radius 3 is 2.09 bits per heavy atom. The molecule has 1 saturated heterocycles. The third-order valence-electron chi connectivity index (χ3n) is 7.31. The summed E-state index contributed by atoms with van der Waals surface area (Å²) in [6.07, 6.45) is 0.740. The summed E-state index contributed by atoms with van der Waals surface area (Å²) < 4.78 is 4.42. The van der Waals surface area contributed by atoms with Gasteiger partial charge in [0.15, 0.2) is 0 Å². The van der Waals surface area contributed by atoms with Crippen molar-refractivity contribution in [3.63, 3.8) is 0 Å². The molecule has 2 amide bonds. The lowest BCUT2D eigenvalue weighted by Gasteiger charge is -2.51. The van der Waals surface area contributed by atoms with Gasteiger partial charge in [0.25, 0.3) is 0 Å². The molecule has 2 bridgehead atoms. The Hall–Kier alpha value is -3.25. The van der Waals surface area contributed by atoms with Crippen LogP contribution in [0.4, 0.5) is 5.69 Å². The highest BCUT2D eigenvalue weighted by Gasteiger charge is 2.67. The van der Waals surface area contributed by atoms with E-state index < -0.39 is 22.1 Å². The molecule has 5 nitrogen and oxygen atoms in total. The van der Waals surface area contributed by atoms with Crippen LogP contribution < -0.4 is 4.90 Å². The largest absolute Gasteiger partial charge is 0.462 e. The Morgan fingerprint density at radius 2 is 1.50 bits per heavy atom. The van der Waals surface area contributed by atoms with Crippen molar-refractivity contribution < 1.29 is 19.1 Å². The van der Waals surface area contributed by atoms with E-state index >= 15 is 0 Å². The summed E-state index contributed by atoms with van der Waals surface area (Å²) in [4.78, 5) is 41.2. The van der Waals surface area contributed by atoms with E-state index in [1.807, 2.05) is 31.2 Å². The maximum Gasteiger partial charge on any atom is 0.338 e. The highest BCUT2D eigenvalue weighted by Crippen LogP contribution is 2.66. The molecule has 7 rings (SSSR count). The smallest absolute Gasteiger partial charge is 0.338 e. The molecule has 0 spiro atoms. The van der Waals surface area contributed by atoms with Crippen LogP contribution >= 0.6 is 15.9 Å². The molecule has 0 aromatic heterocycles. The number of nitrogens with zero attached hydrogens (tertiary/aromatic N) is 1. The summed E-state index contributed by atoms with van der Waals surface area (Å²) in [5.41, 5.74) is 5.16. The molecule has 0 radical (unpaired) electrons. The highest BCUT2D eigenvalue weighted by atomic mass is 79.9. The predicted molar refractivity (Wildman–Crippen MR) is 131 cm³/mol. The van der Waals surface area contributed by atoms with Gasteiger partial charge < -0.3 is 4.74 Å². The Morgan fingerprint density at radius 1 is 0.912 bits per heavy atom. The van der Waals surface area contributed by atoms with Crippen molar-refractivity contribution in [1.29, 1.82) is 0 Å². The van der Waals surface area contributed by atoms with Crippen LogP contribution in [0.25, 0.3) is 0 Å². The van der Waals surface area contributed by atoms with Gasteiger partial charge in [0.2, 0.25) is 11.8 Å². The molecular weight excluding hydrogens is 494 g/mol. The molecule has 0 N–H and O–H groups in total. The summed E-state index contributed by atoms with van der Waals surface area (Å²) in [6.45, 7) is 2.28. The topological polar surface area (TPSA) is 63.7 Å². The van der Waals surface area contributed by atoms with Crippen molar-refractivity contribution in [3.8, 4) is 0 Å². The SMILES string of the molecule is CCCOC(=O)c1ccc(N2C(=O)[C@H]3C4c5ccccc5C(Br)(c5ccccc54)[C@H]3C2=O)cc1. The zero-order valence-electron chi connectivity index (χ0n) is 18.5. The van der Waals surface area contributed by atoms with E-state index in [-0.39, 0.29) is 17.7 Å². The second-order valence-electron chi connectivity index (χ2n) is 9.06. The number of imide groups is 1. The van der Waals surface area contributed by atoms with Crippen LogP contribution in [0.15, 0.2) is 72.8 Å². The maximum atomic E-state index is 13.9. The highest BCUT2D eigenvalue weighted by molar-refractivity contribution is 9.09. The summed E-state index contributed by atoms with van der Waals surface area (Å²) >= 11 is 4.00. The van der Waals surface area contributed by atoms with Crippen LogP contribution in [-0.2, 0) is 18.7 Å². The number of amides is 2. The number of carbonyl (C=O) groups excluding carboxylic acids is 3. The average Bonchev–Trinajstić information content (AvgIpc) is 3.14. The fraction of sp³-hybridized carbons (Fsp3) is 0.250. The second kappa shape index (κ2) is 7.64. The number of hydrogen-bond acceptors (Lipinski definition) is 4. The van der Waals surface area contributed by atoms with Gasteiger partial charge in [0.1, 0.15) is 0 Å². The zero-order chi connectivity index (χ0) is 23.6. The molecule has 34 heavy (non-hydrogen) atoms. The van der Waals surface area contributed by atoms with Gasteiger partial charge in [-0.15, -0.1) is 0 Å². The summed E-state index contributed by atoms with van der Waals surface area (Å²) in [7, 11) is 0. The van der Waals surface area contributed by atoms with Gasteiger partial charge in [-0.1, -0.05) is 71.4 Å². The molecule has 1 fully saturated rings. The zero-order valence-corrected chi connectivity index (χ0v) is 20.1. The first kappa shape index (κ1) is 21.3. The molecular formula is C28H22BrNO4. The molecule has 170 valence electrons. The van der Waals surface area contributed by atoms with E-state index in [0.29, 0.717) is 17.9 Å². The first-order chi connectivity index (χ1) is 16.5. The molecule has 6 heteroatoms. The lowest BCUT2D eigenvalue weighted by molar-refractivity contribution is -0.122. The fourth-order valence-corrected chi connectivity index (χ4v) is 7.16. The van der Waals surface area contributed by atoms with E-state index in [1.165, 1.54) is 4.90 Å². The van der Waals surface area contributed by atoms with E-state index in [1.54, 1.807) is 24.3 Å². The number of ether oxygens (including phenoxy) is 1. The summed E-state index contributed by atoms with van der Waals surface area (Å²) in [5, 5.41) is 0. The van der Waals surface area contributed by atoms with Crippen molar-refractivity contribution in [2.45, 2.75) is 23.6 Å². The minimum atomic E-state index is -0.773. The third-order valence-corrected chi connectivity index (χ3v) is 8.66. The van der Waals surface area contributed by atoms with Crippen LogP contribution in [0.1, 0.15) is 51.9 Å². The van der Waals surface area contributed by atoms with Gasteiger partial charge >= 0.3 is 5.97 Å². The average molecular weight is 516 g/mol. The van der Waals surface area contributed by atoms with Gasteiger partial charge in [-0.3, -0.25) is 9.59 Å². The van der Waals surface area contributed by atoms with Crippen LogP contribution in [0, 0.1) is 11.8 Å². The van der Waals surface area contributed by atoms with Gasteiger partial charge in [0.05, 0.1) is 34.0 Å². The van der Waals surface area contributed by atoms with Gasteiger partial charge in [-0.05, 0) is 52.9 Å². The number of rotatable bonds is 4. The second-order valence-corrected chi connectivity index (χ2v) is 10.3. The molecule has 3 aromatic rings. The molecule has 3 aromatic carbocycles. The minimum Gasteiger partial charge on any atom is -0.462 e. The molecule has 2 atom stereocenters. The molecule has 1 heterocycles. The number of benzene rings is 3. The Labute approximate surface area is 205 Å². The van der Waals surface area contributed by atoms with Crippen LogP contribution in [-0.4, -0.2) is 24.4 Å². The lowest BCUT2D eigenvalue weighted by Crippen LogP contribution is -2.50. The fourth-order valence-electron chi connectivity index (χ4n) is 5.96. The summed E-state index contributed by atoms with van der Waals surface area (Å²) in [5.74, 6) is -2.06. The number of anilines is 1. The van der Waals surface area contributed by atoms with Crippen molar-refractivity contribution in [2.24, 2.45) is 11.8 Å². The lowest BCUT2D eigenvalue weighted by atomic mass is 9.55. The van der Waals surface area contributed by atoms with E-state index in [4.69, 9.17) is 4.74 Å². The van der Waals surface area contributed by atoms with Gasteiger partial charge in [-0.2, -0.15) is 0 Å². The number of alkyl halides is 1. The first-order valence-corrected chi connectivity index (χ1v) is 12.3. The normalized spacial score (nSPS) is 26.2. The minimum absolute atomic E-state index is 0.179.